The number of benzene rings is 1. The Hall–Kier alpha value is -1.43. The molecule has 2 atom stereocenters. The number of aromatic nitrogens is 1. The maximum absolute atomic E-state index is 11.3. The molecule has 3 rings (SSSR count). The van der Waals surface area contributed by atoms with Crippen LogP contribution in [0.15, 0.2) is 29.6 Å². The Kier molecular flexibility index (Phi) is 4.99. The Morgan fingerprint density at radius 2 is 2.13 bits per heavy atom. The van der Waals surface area contributed by atoms with Crippen molar-refractivity contribution in [2.45, 2.75) is 19.9 Å². The minimum Gasteiger partial charge on any atom is -0.481 e. The lowest BCUT2D eigenvalue weighted by Gasteiger charge is -2.34. The van der Waals surface area contributed by atoms with Crippen LogP contribution >= 0.6 is 22.9 Å². The maximum Gasteiger partial charge on any atom is 0.307 e. The standard InChI is InChI=1S/C17H19ClN2O2S/c1-11-6-13(17(21)22)8-20(7-11)9-15-10-23-16(19-15)12-2-4-14(18)5-3-12/h2-5,10-11,13H,6-9H2,1H3,(H,21,22). The van der Waals surface area contributed by atoms with Gasteiger partial charge < -0.3 is 5.11 Å². The number of thiazole rings is 1. The summed E-state index contributed by atoms with van der Waals surface area (Å²) in [5.74, 6) is -0.561. The van der Waals surface area contributed by atoms with Gasteiger partial charge in [-0.2, -0.15) is 0 Å². The van der Waals surface area contributed by atoms with E-state index in [1.165, 1.54) is 0 Å². The summed E-state index contributed by atoms with van der Waals surface area (Å²) in [4.78, 5) is 18.2. The van der Waals surface area contributed by atoms with Crippen molar-refractivity contribution in [1.82, 2.24) is 9.88 Å². The van der Waals surface area contributed by atoms with Crippen LogP contribution in [0.5, 0.6) is 0 Å². The number of hydrogen-bond donors (Lipinski definition) is 1. The molecular weight excluding hydrogens is 332 g/mol. The molecule has 1 aliphatic rings. The van der Waals surface area contributed by atoms with Gasteiger partial charge in [0.25, 0.3) is 0 Å². The highest BCUT2D eigenvalue weighted by Crippen LogP contribution is 2.27. The molecular formula is C17H19ClN2O2S. The van der Waals surface area contributed by atoms with Gasteiger partial charge in [-0.3, -0.25) is 9.69 Å². The molecule has 1 N–H and O–H groups in total. The van der Waals surface area contributed by atoms with Crippen LogP contribution in [0.25, 0.3) is 10.6 Å². The van der Waals surface area contributed by atoms with Crippen molar-refractivity contribution in [1.29, 1.82) is 0 Å². The fourth-order valence-electron chi connectivity index (χ4n) is 3.10. The minimum atomic E-state index is -0.693. The molecule has 2 aromatic rings. The summed E-state index contributed by atoms with van der Waals surface area (Å²) in [6.07, 6.45) is 0.763. The maximum atomic E-state index is 11.3. The van der Waals surface area contributed by atoms with E-state index in [1.54, 1.807) is 11.3 Å². The number of carboxylic acids is 1. The summed E-state index contributed by atoms with van der Waals surface area (Å²) in [7, 11) is 0. The van der Waals surface area contributed by atoms with Gasteiger partial charge in [-0.05, 0) is 24.5 Å². The van der Waals surface area contributed by atoms with Crippen LogP contribution < -0.4 is 0 Å². The van der Waals surface area contributed by atoms with Gasteiger partial charge in [0.05, 0.1) is 11.6 Å². The van der Waals surface area contributed by atoms with Gasteiger partial charge in [0, 0.05) is 35.6 Å². The van der Waals surface area contributed by atoms with Crippen LogP contribution in [0.2, 0.25) is 5.02 Å². The Balaban J connectivity index is 1.69. The van der Waals surface area contributed by atoms with E-state index in [9.17, 15) is 9.90 Å². The predicted molar refractivity (Wildman–Crippen MR) is 92.7 cm³/mol. The van der Waals surface area contributed by atoms with Crippen molar-refractivity contribution < 1.29 is 9.90 Å². The SMILES string of the molecule is CC1CC(C(=O)O)CN(Cc2csc(-c3ccc(Cl)cc3)n2)C1. The average molecular weight is 351 g/mol. The van der Waals surface area contributed by atoms with Gasteiger partial charge in [-0.25, -0.2) is 4.98 Å². The lowest BCUT2D eigenvalue weighted by Crippen LogP contribution is -2.42. The van der Waals surface area contributed by atoms with E-state index in [4.69, 9.17) is 11.6 Å². The largest absolute Gasteiger partial charge is 0.481 e. The third kappa shape index (κ3) is 4.10. The van der Waals surface area contributed by atoms with Crippen LogP contribution in [-0.2, 0) is 11.3 Å². The van der Waals surface area contributed by atoms with Crippen molar-refractivity contribution in [2.24, 2.45) is 11.8 Å². The van der Waals surface area contributed by atoms with E-state index < -0.39 is 5.97 Å². The van der Waals surface area contributed by atoms with E-state index in [2.05, 4.69) is 22.2 Å². The number of carboxylic acid groups (broad SMARTS) is 1. The van der Waals surface area contributed by atoms with Crippen molar-refractivity contribution in [3.05, 3.63) is 40.4 Å². The molecule has 2 heterocycles. The number of hydrogen-bond acceptors (Lipinski definition) is 4. The average Bonchev–Trinajstić information content (AvgIpc) is 2.95. The molecule has 23 heavy (non-hydrogen) atoms. The first kappa shape index (κ1) is 16.4. The number of halogens is 1. The zero-order valence-electron chi connectivity index (χ0n) is 12.9. The van der Waals surface area contributed by atoms with Gasteiger partial charge in [-0.15, -0.1) is 11.3 Å². The van der Waals surface area contributed by atoms with Crippen LogP contribution in [-0.4, -0.2) is 34.0 Å². The lowest BCUT2D eigenvalue weighted by molar-refractivity contribution is -0.144. The van der Waals surface area contributed by atoms with Gasteiger partial charge >= 0.3 is 5.97 Å². The van der Waals surface area contributed by atoms with Crippen LogP contribution in [0, 0.1) is 11.8 Å². The van der Waals surface area contributed by atoms with Gasteiger partial charge in [0.2, 0.25) is 0 Å². The molecule has 6 heteroatoms. The fourth-order valence-corrected chi connectivity index (χ4v) is 4.05. The molecule has 0 radical (unpaired) electrons. The third-order valence-corrected chi connectivity index (χ3v) is 5.31. The summed E-state index contributed by atoms with van der Waals surface area (Å²) in [5, 5.41) is 13.0. The summed E-state index contributed by atoms with van der Waals surface area (Å²) < 4.78 is 0. The highest BCUT2D eigenvalue weighted by molar-refractivity contribution is 7.13. The van der Waals surface area contributed by atoms with E-state index in [-0.39, 0.29) is 5.92 Å². The molecule has 2 unspecified atom stereocenters. The summed E-state index contributed by atoms with van der Waals surface area (Å²) in [5.41, 5.74) is 2.05. The second-order valence-electron chi connectivity index (χ2n) is 6.22. The molecule has 0 spiro atoms. The zero-order valence-corrected chi connectivity index (χ0v) is 14.5. The molecule has 1 aromatic carbocycles. The quantitative estimate of drug-likeness (QED) is 0.905. The second kappa shape index (κ2) is 6.99. The molecule has 0 amide bonds. The number of likely N-dealkylation sites (tertiary alicyclic amines) is 1. The van der Waals surface area contributed by atoms with Gasteiger partial charge in [0.15, 0.2) is 0 Å². The summed E-state index contributed by atoms with van der Waals surface area (Å²) in [6, 6.07) is 7.66. The summed E-state index contributed by atoms with van der Waals surface area (Å²) in [6.45, 7) is 4.35. The third-order valence-electron chi connectivity index (χ3n) is 4.11. The van der Waals surface area contributed by atoms with Crippen molar-refractivity contribution in [3.8, 4) is 10.6 Å². The lowest BCUT2D eigenvalue weighted by atomic mass is 9.90. The summed E-state index contributed by atoms with van der Waals surface area (Å²) >= 11 is 7.52. The first-order valence-electron chi connectivity index (χ1n) is 7.67. The molecule has 0 saturated carbocycles. The first-order valence-corrected chi connectivity index (χ1v) is 8.92. The number of aliphatic carboxylic acids is 1. The molecule has 0 aliphatic carbocycles. The molecule has 4 nitrogen and oxygen atoms in total. The number of carbonyl (C=O) groups is 1. The molecule has 1 saturated heterocycles. The van der Waals surface area contributed by atoms with Crippen molar-refractivity contribution >= 4 is 28.9 Å². The number of rotatable bonds is 4. The van der Waals surface area contributed by atoms with Gasteiger partial charge in [-0.1, -0.05) is 30.7 Å². The normalized spacial score (nSPS) is 22.2. The molecule has 0 bridgehead atoms. The Morgan fingerprint density at radius 1 is 1.39 bits per heavy atom. The topological polar surface area (TPSA) is 53.4 Å². The van der Waals surface area contributed by atoms with Crippen LogP contribution in [0.1, 0.15) is 19.0 Å². The van der Waals surface area contributed by atoms with E-state index in [0.717, 1.165) is 29.2 Å². The predicted octanol–water partition coefficient (Wildman–Crippen LogP) is 4.01. The Labute approximate surface area is 144 Å². The number of nitrogens with zero attached hydrogens (tertiary/aromatic N) is 2. The zero-order chi connectivity index (χ0) is 16.4. The number of piperidine rings is 1. The smallest absolute Gasteiger partial charge is 0.307 e. The fraction of sp³-hybridized carbons (Fsp3) is 0.412. The monoisotopic (exact) mass is 350 g/mol. The highest BCUT2D eigenvalue weighted by atomic mass is 35.5. The second-order valence-corrected chi connectivity index (χ2v) is 7.52. The van der Waals surface area contributed by atoms with Crippen LogP contribution in [0.4, 0.5) is 0 Å². The Morgan fingerprint density at radius 3 is 2.83 bits per heavy atom. The van der Waals surface area contributed by atoms with Gasteiger partial charge in [0.1, 0.15) is 5.01 Å². The van der Waals surface area contributed by atoms with Crippen LogP contribution in [0.3, 0.4) is 0 Å². The molecule has 1 aromatic heterocycles. The molecule has 1 fully saturated rings. The highest BCUT2D eigenvalue weighted by Gasteiger charge is 2.29. The van der Waals surface area contributed by atoms with Crippen molar-refractivity contribution in [3.63, 3.8) is 0 Å². The molecule has 122 valence electrons. The van der Waals surface area contributed by atoms with Crippen molar-refractivity contribution in [2.75, 3.05) is 13.1 Å². The molecule has 1 aliphatic heterocycles. The van der Waals surface area contributed by atoms with E-state index >= 15 is 0 Å². The minimum absolute atomic E-state index is 0.270. The van der Waals surface area contributed by atoms with E-state index in [0.29, 0.717) is 24.0 Å². The van der Waals surface area contributed by atoms with E-state index in [1.807, 2.05) is 24.3 Å². The first-order chi connectivity index (χ1) is 11.0. The Bertz CT molecular complexity index is 686.